The molecule has 25 heavy (non-hydrogen) atoms. The molecule has 1 atom stereocenters. The highest BCUT2D eigenvalue weighted by molar-refractivity contribution is 5.98. The van der Waals surface area contributed by atoms with Gasteiger partial charge in [0, 0.05) is 43.0 Å². The van der Waals surface area contributed by atoms with Crippen LogP contribution < -0.4 is 4.74 Å². The average molecular weight is 344 g/mol. The third-order valence-electron chi connectivity index (χ3n) is 4.30. The zero-order chi connectivity index (χ0) is 17.8. The van der Waals surface area contributed by atoms with Crippen molar-refractivity contribution in [3.63, 3.8) is 0 Å². The van der Waals surface area contributed by atoms with E-state index in [1.807, 2.05) is 19.0 Å². The molecular weight excluding hydrogens is 323 g/mol. The first kappa shape index (κ1) is 17.2. The summed E-state index contributed by atoms with van der Waals surface area (Å²) in [6, 6.07) is 9.72. The summed E-state index contributed by atoms with van der Waals surface area (Å²) in [4.78, 5) is 8.34. The Kier molecular flexibility index (Phi) is 5.14. The number of amidine groups is 1. The molecular formula is C18H21FN4O2. The molecule has 2 heterocycles. The summed E-state index contributed by atoms with van der Waals surface area (Å²) in [6.07, 6.45) is 2.58. The number of nitrogens with zero attached hydrogens (tertiary/aromatic N) is 4. The standard InChI is InChI=1S/C18H21FN4O2/c1-22(2)15-7-9-23(12-15)18(21-24)13-6-8-20-17(10-13)25-16-5-3-4-14(19)11-16/h3-6,8,10-11,15,24H,7,9,12H2,1-2H3/b21-18-. The van der Waals surface area contributed by atoms with Crippen molar-refractivity contribution in [3.05, 3.63) is 54.0 Å². The number of hydrogen-bond acceptors (Lipinski definition) is 5. The second-order valence-electron chi connectivity index (χ2n) is 6.22. The van der Waals surface area contributed by atoms with Crippen molar-refractivity contribution < 1.29 is 14.3 Å². The van der Waals surface area contributed by atoms with Gasteiger partial charge >= 0.3 is 0 Å². The number of likely N-dealkylation sites (tertiary alicyclic amines) is 1. The first-order chi connectivity index (χ1) is 12.1. The van der Waals surface area contributed by atoms with Gasteiger partial charge in [0.2, 0.25) is 5.88 Å². The largest absolute Gasteiger partial charge is 0.439 e. The molecule has 0 bridgehead atoms. The molecule has 1 unspecified atom stereocenters. The minimum Gasteiger partial charge on any atom is -0.439 e. The number of hydrogen-bond donors (Lipinski definition) is 1. The Balaban J connectivity index is 1.78. The average Bonchev–Trinajstić information content (AvgIpc) is 3.06. The molecule has 3 rings (SSSR count). The Labute approximate surface area is 146 Å². The Morgan fingerprint density at radius 2 is 2.20 bits per heavy atom. The van der Waals surface area contributed by atoms with E-state index in [0.29, 0.717) is 29.1 Å². The fourth-order valence-electron chi connectivity index (χ4n) is 2.91. The van der Waals surface area contributed by atoms with Crippen LogP contribution >= 0.6 is 0 Å². The van der Waals surface area contributed by atoms with Crippen molar-refractivity contribution in [2.24, 2.45) is 5.16 Å². The molecule has 1 fully saturated rings. The minimum atomic E-state index is -0.377. The van der Waals surface area contributed by atoms with Crippen molar-refractivity contribution in [3.8, 4) is 11.6 Å². The SMILES string of the molecule is CN(C)C1CCN(/C(=N\O)c2ccnc(Oc3cccc(F)c3)c2)C1. The normalized spacial score (nSPS) is 18.0. The van der Waals surface area contributed by atoms with Gasteiger partial charge in [0.1, 0.15) is 11.6 Å². The quantitative estimate of drug-likeness (QED) is 0.400. The van der Waals surface area contributed by atoms with Crippen LogP contribution in [0.3, 0.4) is 0 Å². The van der Waals surface area contributed by atoms with E-state index >= 15 is 0 Å². The van der Waals surface area contributed by atoms with E-state index < -0.39 is 0 Å². The Hall–Kier alpha value is -2.67. The van der Waals surface area contributed by atoms with Crippen LogP contribution in [0.4, 0.5) is 4.39 Å². The number of aromatic nitrogens is 1. The van der Waals surface area contributed by atoms with Gasteiger partial charge in [-0.2, -0.15) is 0 Å². The van der Waals surface area contributed by atoms with Crippen molar-refractivity contribution in [1.29, 1.82) is 0 Å². The molecule has 0 amide bonds. The highest BCUT2D eigenvalue weighted by atomic mass is 19.1. The smallest absolute Gasteiger partial charge is 0.219 e. The Morgan fingerprint density at radius 1 is 1.36 bits per heavy atom. The van der Waals surface area contributed by atoms with Gasteiger partial charge in [-0.3, -0.25) is 0 Å². The van der Waals surface area contributed by atoms with Gasteiger partial charge in [0.15, 0.2) is 5.84 Å². The van der Waals surface area contributed by atoms with Crippen LogP contribution in [0, 0.1) is 5.82 Å². The van der Waals surface area contributed by atoms with Crippen LogP contribution in [0.15, 0.2) is 47.8 Å². The maximum atomic E-state index is 13.3. The number of pyridine rings is 1. The van der Waals surface area contributed by atoms with E-state index in [-0.39, 0.29) is 5.82 Å². The van der Waals surface area contributed by atoms with Gasteiger partial charge in [-0.1, -0.05) is 11.2 Å². The van der Waals surface area contributed by atoms with Gasteiger partial charge in [-0.05, 0) is 38.7 Å². The van der Waals surface area contributed by atoms with Gasteiger partial charge < -0.3 is 19.7 Å². The number of rotatable bonds is 4. The lowest BCUT2D eigenvalue weighted by Crippen LogP contribution is -2.35. The lowest BCUT2D eigenvalue weighted by Gasteiger charge is -2.22. The number of halogens is 1. The van der Waals surface area contributed by atoms with Crippen LogP contribution in [-0.4, -0.2) is 59.1 Å². The van der Waals surface area contributed by atoms with Gasteiger partial charge in [0.25, 0.3) is 0 Å². The van der Waals surface area contributed by atoms with E-state index in [0.717, 1.165) is 19.5 Å². The first-order valence-electron chi connectivity index (χ1n) is 8.10. The summed E-state index contributed by atoms with van der Waals surface area (Å²) in [5, 5.41) is 13.0. The van der Waals surface area contributed by atoms with Crippen LogP contribution in [0.5, 0.6) is 11.6 Å². The molecule has 1 aromatic heterocycles. The zero-order valence-corrected chi connectivity index (χ0v) is 14.3. The monoisotopic (exact) mass is 344 g/mol. The Morgan fingerprint density at radius 3 is 2.88 bits per heavy atom. The van der Waals surface area contributed by atoms with Crippen LogP contribution in [-0.2, 0) is 0 Å². The highest BCUT2D eigenvalue weighted by Crippen LogP contribution is 2.23. The van der Waals surface area contributed by atoms with Crippen LogP contribution in [0.2, 0.25) is 0 Å². The Bertz CT molecular complexity index is 766. The maximum Gasteiger partial charge on any atom is 0.219 e. The molecule has 1 aliphatic heterocycles. The summed E-state index contributed by atoms with van der Waals surface area (Å²) in [5.74, 6) is 0.780. The van der Waals surface area contributed by atoms with E-state index in [4.69, 9.17) is 4.74 Å². The van der Waals surface area contributed by atoms with Crippen LogP contribution in [0.25, 0.3) is 0 Å². The van der Waals surface area contributed by atoms with E-state index in [9.17, 15) is 9.60 Å². The van der Waals surface area contributed by atoms with Crippen molar-refractivity contribution in [2.45, 2.75) is 12.5 Å². The number of likely N-dealkylation sites (N-methyl/N-ethyl adjacent to an activating group) is 1. The zero-order valence-electron chi connectivity index (χ0n) is 14.3. The van der Waals surface area contributed by atoms with Crippen LogP contribution in [0.1, 0.15) is 12.0 Å². The van der Waals surface area contributed by atoms with Gasteiger partial charge in [-0.25, -0.2) is 9.37 Å². The fraction of sp³-hybridized carbons (Fsp3) is 0.333. The van der Waals surface area contributed by atoms with Crippen molar-refractivity contribution >= 4 is 5.84 Å². The molecule has 1 aliphatic rings. The third-order valence-corrected chi connectivity index (χ3v) is 4.30. The van der Waals surface area contributed by atoms with Crippen molar-refractivity contribution in [1.82, 2.24) is 14.8 Å². The lowest BCUT2D eigenvalue weighted by molar-refractivity contribution is 0.289. The number of benzene rings is 1. The summed E-state index contributed by atoms with van der Waals surface area (Å²) in [7, 11) is 4.09. The molecule has 7 heteroatoms. The summed E-state index contributed by atoms with van der Waals surface area (Å²) >= 11 is 0. The number of oxime groups is 1. The fourth-order valence-corrected chi connectivity index (χ4v) is 2.91. The molecule has 0 spiro atoms. The first-order valence-corrected chi connectivity index (χ1v) is 8.10. The van der Waals surface area contributed by atoms with Gasteiger partial charge in [0.05, 0.1) is 0 Å². The summed E-state index contributed by atoms with van der Waals surface area (Å²) < 4.78 is 18.9. The molecule has 1 N–H and O–H groups in total. The summed E-state index contributed by atoms with van der Waals surface area (Å²) in [6.45, 7) is 1.60. The van der Waals surface area contributed by atoms with E-state index in [2.05, 4.69) is 15.0 Å². The molecule has 6 nitrogen and oxygen atoms in total. The predicted octanol–water partition coefficient (Wildman–Crippen LogP) is 2.78. The predicted molar refractivity (Wildman–Crippen MR) is 92.7 cm³/mol. The van der Waals surface area contributed by atoms with Gasteiger partial charge in [-0.15, -0.1) is 0 Å². The topological polar surface area (TPSA) is 61.2 Å². The third kappa shape index (κ3) is 4.06. The van der Waals surface area contributed by atoms with Crippen molar-refractivity contribution in [2.75, 3.05) is 27.2 Å². The second-order valence-corrected chi connectivity index (χ2v) is 6.22. The number of ether oxygens (including phenoxy) is 1. The summed E-state index contributed by atoms with van der Waals surface area (Å²) in [5.41, 5.74) is 0.698. The molecule has 1 saturated heterocycles. The van der Waals surface area contributed by atoms with E-state index in [1.54, 1.807) is 30.5 Å². The molecule has 0 radical (unpaired) electrons. The molecule has 2 aromatic rings. The molecule has 0 saturated carbocycles. The molecule has 0 aliphatic carbocycles. The van der Waals surface area contributed by atoms with E-state index in [1.165, 1.54) is 12.1 Å². The lowest BCUT2D eigenvalue weighted by atomic mass is 10.2. The molecule has 132 valence electrons. The highest BCUT2D eigenvalue weighted by Gasteiger charge is 2.27. The minimum absolute atomic E-state index is 0.313. The maximum absolute atomic E-state index is 13.3. The second kappa shape index (κ2) is 7.48. The molecule has 1 aromatic carbocycles.